The Bertz CT molecular complexity index is 680. The first kappa shape index (κ1) is 14.2. The van der Waals surface area contributed by atoms with Crippen molar-refractivity contribution in [2.75, 3.05) is 12.8 Å². The molecule has 0 fully saturated rings. The van der Waals surface area contributed by atoms with Crippen LogP contribution in [0, 0.1) is 0 Å². The topological polar surface area (TPSA) is 28.0 Å². The molecule has 0 saturated carbocycles. The second-order valence-electron chi connectivity index (χ2n) is 4.60. The van der Waals surface area contributed by atoms with E-state index in [9.17, 15) is 0 Å². The van der Waals surface area contributed by atoms with Gasteiger partial charge in [0.05, 0.1) is 11.4 Å². The van der Waals surface area contributed by atoms with E-state index in [2.05, 4.69) is 22.2 Å². The maximum Gasteiger partial charge on any atom is 0.185 e. The molecule has 1 heterocycles. The first-order valence-electron chi connectivity index (χ1n) is 6.56. The summed E-state index contributed by atoms with van der Waals surface area (Å²) in [5.74, 6) is 0.820. The molecule has 3 rings (SSSR count). The molecule has 0 spiro atoms. The number of benzene rings is 2. The highest BCUT2D eigenvalue weighted by atomic mass is 35.5. The van der Waals surface area contributed by atoms with Gasteiger partial charge in [-0.25, -0.2) is 10.0 Å². The predicted octanol–water partition coefficient (Wildman–Crippen LogP) is 4.41. The first-order chi connectivity index (χ1) is 10.2. The maximum atomic E-state index is 5.88. The molecule has 0 N–H and O–H groups in total. The van der Waals surface area contributed by atoms with Gasteiger partial charge in [-0.3, -0.25) is 0 Å². The van der Waals surface area contributed by atoms with Gasteiger partial charge in [0.25, 0.3) is 0 Å². The molecule has 3 nitrogen and oxygen atoms in total. The Balaban J connectivity index is 1.82. The van der Waals surface area contributed by atoms with Crippen LogP contribution in [-0.2, 0) is 0 Å². The fourth-order valence-corrected chi connectivity index (χ4v) is 3.00. The third-order valence-corrected chi connectivity index (χ3v) is 4.33. The van der Waals surface area contributed by atoms with Crippen LogP contribution < -0.4 is 0 Å². The molecule has 5 heteroatoms. The van der Waals surface area contributed by atoms with E-state index in [1.807, 2.05) is 54.5 Å². The van der Waals surface area contributed by atoms with Crippen LogP contribution >= 0.6 is 23.4 Å². The zero-order valence-electron chi connectivity index (χ0n) is 11.5. The summed E-state index contributed by atoms with van der Waals surface area (Å²) in [5.41, 5.74) is 3.10. The highest BCUT2D eigenvalue weighted by molar-refractivity contribution is 8.14. The van der Waals surface area contributed by atoms with E-state index in [-0.39, 0.29) is 0 Å². The standard InChI is InChI=1S/C16H14ClN3S/c1-20-16(18-14-9-7-13(17)8-10-14)21-11-15(19-20)12-5-3-2-4-6-12/h2-10H,11H2,1H3. The Morgan fingerprint density at radius 1 is 1.10 bits per heavy atom. The van der Waals surface area contributed by atoms with Crippen molar-refractivity contribution in [3.05, 3.63) is 65.2 Å². The average Bonchev–Trinajstić information content (AvgIpc) is 2.52. The van der Waals surface area contributed by atoms with E-state index in [1.54, 1.807) is 11.8 Å². The fraction of sp³-hybridized carbons (Fsp3) is 0.125. The van der Waals surface area contributed by atoms with E-state index in [0.717, 1.165) is 27.9 Å². The lowest BCUT2D eigenvalue weighted by Crippen LogP contribution is -2.27. The van der Waals surface area contributed by atoms with Gasteiger partial charge in [-0.05, 0) is 29.8 Å². The molecule has 0 aromatic heterocycles. The minimum Gasteiger partial charge on any atom is -0.245 e. The Kier molecular flexibility index (Phi) is 4.27. The largest absolute Gasteiger partial charge is 0.245 e. The minimum atomic E-state index is 0.716. The average molecular weight is 316 g/mol. The normalized spacial score (nSPS) is 17.0. The van der Waals surface area contributed by atoms with Gasteiger partial charge in [0, 0.05) is 17.8 Å². The Morgan fingerprint density at radius 2 is 1.81 bits per heavy atom. The summed E-state index contributed by atoms with van der Waals surface area (Å²) in [4.78, 5) is 4.61. The number of rotatable bonds is 2. The second-order valence-corrected chi connectivity index (χ2v) is 5.97. The summed E-state index contributed by atoms with van der Waals surface area (Å²) in [5, 5.41) is 8.05. The van der Waals surface area contributed by atoms with Gasteiger partial charge < -0.3 is 0 Å². The summed E-state index contributed by atoms with van der Waals surface area (Å²) in [7, 11) is 1.92. The summed E-state index contributed by atoms with van der Waals surface area (Å²) >= 11 is 7.57. The number of hydrazone groups is 1. The third-order valence-electron chi connectivity index (χ3n) is 3.04. The molecule has 0 saturated heterocycles. The van der Waals surface area contributed by atoms with Crippen molar-refractivity contribution < 1.29 is 0 Å². The lowest BCUT2D eigenvalue weighted by atomic mass is 10.1. The van der Waals surface area contributed by atoms with E-state index in [0.29, 0.717) is 5.02 Å². The lowest BCUT2D eigenvalue weighted by molar-refractivity contribution is 0.553. The van der Waals surface area contributed by atoms with Gasteiger partial charge in [-0.2, -0.15) is 5.10 Å². The van der Waals surface area contributed by atoms with E-state index >= 15 is 0 Å². The van der Waals surface area contributed by atoms with Crippen molar-refractivity contribution in [3.63, 3.8) is 0 Å². The molecule has 2 aromatic carbocycles. The predicted molar refractivity (Wildman–Crippen MR) is 91.7 cm³/mol. The summed E-state index contributed by atoms with van der Waals surface area (Å²) in [6.07, 6.45) is 0. The van der Waals surface area contributed by atoms with Gasteiger partial charge in [0.2, 0.25) is 0 Å². The van der Waals surface area contributed by atoms with Crippen molar-refractivity contribution in [2.45, 2.75) is 0 Å². The smallest absolute Gasteiger partial charge is 0.185 e. The van der Waals surface area contributed by atoms with Gasteiger partial charge in [-0.1, -0.05) is 53.7 Å². The highest BCUT2D eigenvalue weighted by Gasteiger charge is 2.17. The zero-order valence-corrected chi connectivity index (χ0v) is 13.1. The number of aliphatic imine (C=N–C) groups is 1. The molecule has 0 atom stereocenters. The molecule has 2 aromatic rings. The number of thioether (sulfide) groups is 1. The van der Waals surface area contributed by atoms with E-state index in [1.165, 1.54) is 0 Å². The molecule has 0 amide bonds. The molecule has 21 heavy (non-hydrogen) atoms. The Labute approximate surface area is 133 Å². The van der Waals surface area contributed by atoms with Gasteiger partial charge in [0.1, 0.15) is 0 Å². The number of hydrogen-bond acceptors (Lipinski definition) is 3. The molecule has 1 aliphatic heterocycles. The van der Waals surface area contributed by atoms with Crippen molar-refractivity contribution in [3.8, 4) is 0 Å². The van der Waals surface area contributed by atoms with Crippen LogP contribution in [0.4, 0.5) is 5.69 Å². The third kappa shape index (κ3) is 3.46. The molecular formula is C16H14ClN3S. The monoisotopic (exact) mass is 315 g/mol. The molecule has 106 valence electrons. The number of amidine groups is 1. The first-order valence-corrected chi connectivity index (χ1v) is 7.92. The molecule has 0 aliphatic carbocycles. The molecule has 0 unspecified atom stereocenters. The molecular weight excluding hydrogens is 302 g/mol. The van der Waals surface area contributed by atoms with Gasteiger partial charge in [0.15, 0.2) is 5.17 Å². The van der Waals surface area contributed by atoms with Crippen molar-refractivity contribution in [2.24, 2.45) is 10.1 Å². The van der Waals surface area contributed by atoms with Crippen LogP contribution in [0.25, 0.3) is 0 Å². The van der Waals surface area contributed by atoms with E-state index < -0.39 is 0 Å². The highest BCUT2D eigenvalue weighted by Crippen LogP contribution is 2.23. The molecule has 0 bridgehead atoms. The zero-order chi connectivity index (χ0) is 14.7. The maximum absolute atomic E-state index is 5.88. The number of hydrogen-bond donors (Lipinski definition) is 0. The molecule has 0 radical (unpaired) electrons. The van der Waals surface area contributed by atoms with Crippen molar-refractivity contribution in [1.82, 2.24) is 5.01 Å². The second kappa shape index (κ2) is 6.33. The summed E-state index contributed by atoms with van der Waals surface area (Å²) < 4.78 is 0. The SMILES string of the molecule is CN1N=C(c2ccccc2)CSC1=Nc1ccc(Cl)cc1. The Morgan fingerprint density at radius 3 is 2.48 bits per heavy atom. The fourth-order valence-electron chi connectivity index (χ4n) is 1.98. The van der Waals surface area contributed by atoms with Gasteiger partial charge >= 0.3 is 0 Å². The van der Waals surface area contributed by atoms with Crippen LogP contribution in [-0.4, -0.2) is 28.7 Å². The minimum absolute atomic E-state index is 0.716. The number of halogens is 1. The van der Waals surface area contributed by atoms with E-state index in [4.69, 9.17) is 11.6 Å². The van der Waals surface area contributed by atoms with Crippen LogP contribution in [0.2, 0.25) is 5.02 Å². The van der Waals surface area contributed by atoms with Crippen LogP contribution in [0.1, 0.15) is 5.56 Å². The van der Waals surface area contributed by atoms with Crippen molar-refractivity contribution in [1.29, 1.82) is 0 Å². The van der Waals surface area contributed by atoms with Gasteiger partial charge in [-0.15, -0.1) is 0 Å². The summed E-state index contributed by atoms with van der Waals surface area (Å²) in [6.45, 7) is 0. The molecule has 1 aliphatic rings. The van der Waals surface area contributed by atoms with Crippen molar-refractivity contribution >= 4 is 39.9 Å². The van der Waals surface area contributed by atoms with Crippen LogP contribution in [0.15, 0.2) is 64.7 Å². The van der Waals surface area contributed by atoms with Crippen LogP contribution in [0.3, 0.4) is 0 Å². The number of nitrogens with zero attached hydrogens (tertiary/aromatic N) is 3. The quantitative estimate of drug-likeness (QED) is 0.821. The lowest BCUT2D eigenvalue weighted by Gasteiger charge is -2.22. The summed E-state index contributed by atoms with van der Waals surface area (Å²) in [6, 6.07) is 17.7. The Hall–Kier alpha value is -1.78. The van der Waals surface area contributed by atoms with Crippen LogP contribution in [0.5, 0.6) is 0 Å².